The smallest absolute Gasteiger partial charge is 0.149 e. The predicted molar refractivity (Wildman–Crippen MR) is 89.7 cm³/mol. The number of rotatable bonds is 5. The molecule has 1 aromatic heterocycles. The Labute approximate surface area is 134 Å². The molecule has 0 saturated heterocycles. The number of benzene rings is 2. The van der Waals surface area contributed by atoms with E-state index in [1.54, 1.807) is 18.3 Å². The van der Waals surface area contributed by atoms with Crippen LogP contribution in [0.4, 0.5) is 11.5 Å². The van der Waals surface area contributed by atoms with Crippen LogP contribution in [0.25, 0.3) is 0 Å². The fourth-order valence-corrected chi connectivity index (χ4v) is 2.19. The van der Waals surface area contributed by atoms with Gasteiger partial charge in [0.2, 0.25) is 0 Å². The van der Waals surface area contributed by atoms with Gasteiger partial charge in [-0.1, -0.05) is 48.0 Å². The fourth-order valence-electron chi connectivity index (χ4n) is 2.02. The number of pyridine rings is 1. The van der Waals surface area contributed by atoms with Crippen LogP contribution in [0.1, 0.15) is 5.56 Å². The van der Waals surface area contributed by atoms with Gasteiger partial charge in [0.15, 0.2) is 0 Å². The van der Waals surface area contributed by atoms with Crippen LogP contribution < -0.4 is 10.1 Å². The van der Waals surface area contributed by atoms with Gasteiger partial charge in [0.05, 0.1) is 5.02 Å². The number of halogens is 1. The molecule has 1 N–H and O–H groups in total. The lowest BCUT2D eigenvalue weighted by atomic mass is 10.2. The average Bonchev–Trinajstić information content (AvgIpc) is 2.57. The number of nitrogens with zero attached hydrogens (tertiary/aromatic N) is 1. The zero-order valence-corrected chi connectivity index (χ0v) is 12.6. The third kappa shape index (κ3) is 3.77. The van der Waals surface area contributed by atoms with Crippen molar-refractivity contribution in [1.29, 1.82) is 0 Å². The Hall–Kier alpha value is -2.52. The highest BCUT2D eigenvalue weighted by Crippen LogP contribution is 2.25. The zero-order chi connectivity index (χ0) is 15.2. The fraction of sp³-hybridized carbons (Fsp3) is 0.0556. The van der Waals surface area contributed by atoms with Crippen LogP contribution in [0.5, 0.6) is 5.75 Å². The molecule has 0 amide bonds. The maximum Gasteiger partial charge on any atom is 0.149 e. The third-order valence-electron chi connectivity index (χ3n) is 3.10. The number of aromatic nitrogens is 1. The minimum Gasteiger partial charge on any atom is -0.489 e. The Kier molecular flexibility index (Phi) is 4.56. The Balaban J connectivity index is 1.69. The van der Waals surface area contributed by atoms with Gasteiger partial charge in [-0.3, -0.25) is 0 Å². The molecule has 0 atom stereocenters. The van der Waals surface area contributed by atoms with Crippen LogP contribution >= 0.6 is 11.6 Å². The van der Waals surface area contributed by atoms with E-state index in [1.807, 2.05) is 54.6 Å². The molecule has 110 valence electrons. The minimum absolute atomic E-state index is 0.536. The van der Waals surface area contributed by atoms with Gasteiger partial charge in [-0.15, -0.1) is 0 Å². The molecule has 2 aromatic carbocycles. The lowest BCUT2D eigenvalue weighted by Crippen LogP contribution is -1.97. The molecule has 0 radical (unpaired) electrons. The van der Waals surface area contributed by atoms with Crippen molar-refractivity contribution in [2.75, 3.05) is 5.32 Å². The second-order valence-electron chi connectivity index (χ2n) is 4.76. The van der Waals surface area contributed by atoms with E-state index >= 15 is 0 Å². The molecule has 0 aliphatic rings. The Morgan fingerprint density at radius 3 is 2.64 bits per heavy atom. The van der Waals surface area contributed by atoms with Gasteiger partial charge in [-0.2, -0.15) is 0 Å². The van der Waals surface area contributed by atoms with Crippen molar-refractivity contribution in [1.82, 2.24) is 4.98 Å². The second kappa shape index (κ2) is 6.96. The summed E-state index contributed by atoms with van der Waals surface area (Å²) in [6.07, 6.45) is 1.70. The van der Waals surface area contributed by atoms with E-state index < -0.39 is 0 Å². The van der Waals surface area contributed by atoms with E-state index in [4.69, 9.17) is 16.3 Å². The first-order valence-corrected chi connectivity index (χ1v) is 7.33. The summed E-state index contributed by atoms with van der Waals surface area (Å²) >= 11 is 6.10. The Morgan fingerprint density at radius 1 is 0.955 bits per heavy atom. The summed E-state index contributed by atoms with van der Waals surface area (Å²) < 4.78 is 5.81. The largest absolute Gasteiger partial charge is 0.489 e. The first-order chi connectivity index (χ1) is 10.8. The van der Waals surface area contributed by atoms with E-state index in [9.17, 15) is 0 Å². The Bertz CT molecular complexity index is 747. The number of ether oxygens (including phenoxy) is 1. The van der Waals surface area contributed by atoms with Crippen LogP contribution in [-0.4, -0.2) is 4.98 Å². The quantitative estimate of drug-likeness (QED) is 0.715. The summed E-state index contributed by atoms with van der Waals surface area (Å²) in [5, 5.41) is 3.77. The SMILES string of the molecule is Clc1cccnc1Nc1cccc(OCc2ccccc2)c1. The summed E-state index contributed by atoms with van der Waals surface area (Å²) in [5.41, 5.74) is 2.01. The molecule has 22 heavy (non-hydrogen) atoms. The number of anilines is 2. The van der Waals surface area contributed by atoms with Gasteiger partial charge in [-0.25, -0.2) is 4.98 Å². The van der Waals surface area contributed by atoms with E-state index in [0.29, 0.717) is 17.4 Å². The van der Waals surface area contributed by atoms with E-state index in [-0.39, 0.29) is 0 Å². The summed E-state index contributed by atoms with van der Waals surface area (Å²) in [7, 11) is 0. The maximum absolute atomic E-state index is 6.10. The van der Waals surface area contributed by atoms with Gasteiger partial charge in [0.25, 0.3) is 0 Å². The number of nitrogens with one attached hydrogen (secondary N) is 1. The highest BCUT2D eigenvalue weighted by Gasteiger charge is 2.02. The van der Waals surface area contributed by atoms with Crippen molar-refractivity contribution < 1.29 is 4.74 Å². The normalized spacial score (nSPS) is 10.2. The number of hydrogen-bond donors (Lipinski definition) is 1. The van der Waals surface area contributed by atoms with E-state index in [0.717, 1.165) is 17.0 Å². The molecule has 3 rings (SSSR count). The molecule has 1 heterocycles. The van der Waals surface area contributed by atoms with Crippen LogP contribution in [0, 0.1) is 0 Å². The second-order valence-corrected chi connectivity index (χ2v) is 5.17. The van der Waals surface area contributed by atoms with E-state index in [1.165, 1.54) is 0 Å². The van der Waals surface area contributed by atoms with E-state index in [2.05, 4.69) is 10.3 Å². The first kappa shape index (κ1) is 14.4. The van der Waals surface area contributed by atoms with Gasteiger partial charge in [0, 0.05) is 18.0 Å². The molecule has 0 spiro atoms. The molecule has 4 heteroatoms. The highest BCUT2D eigenvalue weighted by molar-refractivity contribution is 6.33. The minimum atomic E-state index is 0.536. The predicted octanol–water partition coefficient (Wildman–Crippen LogP) is 5.06. The summed E-state index contributed by atoms with van der Waals surface area (Å²) in [6.45, 7) is 0.536. The topological polar surface area (TPSA) is 34.2 Å². The van der Waals surface area contributed by atoms with Crippen molar-refractivity contribution in [3.05, 3.63) is 83.5 Å². The van der Waals surface area contributed by atoms with Crippen molar-refractivity contribution >= 4 is 23.1 Å². The number of hydrogen-bond acceptors (Lipinski definition) is 3. The first-order valence-electron chi connectivity index (χ1n) is 6.95. The van der Waals surface area contributed by atoms with Crippen molar-refractivity contribution in [2.45, 2.75) is 6.61 Å². The van der Waals surface area contributed by atoms with Gasteiger partial charge < -0.3 is 10.1 Å². The maximum atomic E-state index is 6.10. The third-order valence-corrected chi connectivity index (χ3v) is 3.41. The summed E-state index contributed by atoms with van der Waals surface area (Å²) in [6, 6.07) is 21.4. The zero-order valence-electron chi connectivity index (χ0n) is 11.9. The summed E-state index contributed by atoms with van der Waals surface area (Å²) in [4.78, 5) is 4.21. The van der Waals surface area contributed by atoms with Crippen LogP contribution in [0.3, 0.4) is 0 Å². The molecule has 3 aromatic rings. The van der Waals surface area contributed by atoms with Gasteiger partial charge in [-0.05, 0) is 29.8 Å². The summed E-state index contributed by atoms with van der Waals surface area (Å²) in [5.74, 6) is 1.42. The lowest BCUT2D eigenvalue weighted by molar-refractivity contribution is 0.306. The standard InChI is InChI=1S/C18H15ClN2O/c19-17-10-5-11-20-18(17)21-15-8-4-9-16(12-15)22-13-14-6-2-1-3-7-14/h1-12H,13H2,(H,20,21). The van der Waals surface area contributed by atoms with Crippen LogP contribution in [0.15, 0.2) is 72.9 Å². The molecule has 0 saturated carbocycles. The molecule has 0 unspecified atom stereocenters. The average molecular weight is 311 g/mol. The molecule has 0 aliphatic carbocycles. The molecular weight excluding hydrogens is 296 g/mol. The van der Waals surface area contributed by atoms with Crippen molar-refractivity contribution in [3.63, 3.8) is 0 Å². The Morgan fingerprint density at radius 2 is 1.82 bits per heavy atom. The van der Waals surface area contributed by atoms with Crippen LogP contribution in [-0.2, 0) is 6.61 Å². The molecule has 3 nitrogen and oxygen atoms in total. The molecule has 0 aliphatic heterocycles. The lowest BCUT2D eigenvalue weighted by Gasteiger charge is -2.10. The molecule has 0 bridgehead atoms. The monoisotopic (exact) mass is 310 g/mol. The van der Waals surface area contributed by atoms with Crippen molar-refractivity contribution in [3.8, 4) is 5.75 Å². The molecule has 0 fully saturated rings. The van der Waals surface area contributed by atoms with Crippen molar-refractivity contribution in [2.24, 2.45) is 0 Å². The highest BCUT2D eigenvalue weighted by atomic mass is 35.5. The van der Waals surface area contributed by atoms with Gasteiger partial charge >= 0.3 is 0 Å². The molecular formula is C18H15ClN2O. The van der Waals surface area contributed by atoms with Crippen LogP contribution in [0.2, 0.25) is 5.02 Å². The van der Waals surface area contributed by atoms with Gasteiger partial charge in [0.1, 0.15) is 18.2 Å².